The van der Waals surface area contributed by atoms with Crippen LogP contribution in [0.3, 0.4) is 0 Å². The van der Waals surface area contributed by atoms with Crippen LogP contribution in [-0.4, -0.2) is 29.0 Å². The molecule has 0 aliphatic rings. The molecule has 0 amide bonds. The molecule has 0 atom stereocenters. The van der Waals surface area contributed by atoms with Gasteiger partial charge in [0.25, 0.3) is 0 Å². The standard InChI is InChI=1S/C14H25N3/c1-5-8-15-14-10-13(7-9-16-14)11-17(6-2)12(3)4/h7,9-10,12H,5-6,8,11H2,1-4H3,(H,15,16). The Hall–Kier alpha value is -1.09. The zero-order valence-corrected chi connectivity index (χ0v) is 11.5. The molecule has 0 spiro atoms. The van der Waals surface area contributed by atoms with Crippen LogP contribution in [-0.2, 0) is 6.54 Å². The SMILES string of the molecule is CCCNc1cc(CN(CC)C(C)C)ccn1. The minimum absolute atomic E-state index is 0.584. The summed E-state index contributed by atoms with van der Waals surface area (Å²) in [5.41, 5.74) is 1.33. The lowest BCUT2D eigenvalue weighted by molar-refractivity contribution is 0.225. The van der Waals surface area contributed by atoms with Gasteiger partial charge in [-0.1, -0.05) is 13.8 Å². The molecule has 0 bridgehead atoms. The van der Waals surface area contributed by atoms with Crippen LogP contribution < -0.4 is 5.32 Å². The third kappa shape index (κ3) is 4.73. The minimum atomic E-state index is 0.584. The highest BCUT2D eigenvalue weighted by Gasteiger charge is 2.07. The zero-order valence-electron chi connectivity index (χ0n) is 11.5. The monoisotopic (exact) mass is 235 g/mol. The first-order valence-electron chi connectivity index (χ1n) is 6.60. The lowest BCUT2D eigenvalue weighted by Crippen LogP contribution is -2.29. The molecule has 1 aromatic heterocycles. The van der Waals surface area contributed by atoms with Crippen molar-refractivity contribution < 1.29 is 0 Å². The topological polar surface area (TPSA) is 28.2 Å². The molecule has 3 heteroatoms. The fourth-order valence-corrected chi connectivity index (χ4v) is 1.82. The second-order valence-electron chi connectivity index (χ2n) is 4.63. The molecule has 1 rings (SSSR count). The van der Waals surface area contributed by atoms with Gasteiger partial charge < -0.3 is 5.32 Å². The van der Waals surface area contributed by atoms with E-state index in [0.717, 1.165) is 31.9 Å². The Bertz CT molecular complexity index is 323. The van der Waals surface area contributed by atoms with Crippen LogP contribution in [0.2, 0.25) is 0 Å². The molecule has 1 aromatic rings. The molecular weight excluding hydrogens is 210 g/mol. The number of rotatable bonds is 7. The van der Waals surface area contributed by atoms with Crippen LogP contribution >= 0.6 is 0 Å². The van der Waals surface area contributed by atoms with Crippen LogP contribution in [0.4, 0.5) is 5.82 Å². The van der Waals surface area contributed by atoms with Crippen molar-refractivity contribution in [2.45, 2.75) is 46.7 Å². The summed E-state index contributed by atoms with van der Waals surface area (Å²) in [5, 5.41) is 3.33. The molecule has 0 radical (unpaired) electrons. The van der Waals surface area contributed by atoms with Crippen molar-refractivity contribution in [3.8, 4) is 0 Å². The first kappa shape index (κ1) is 14.0. The van der Waals surface area contributed by atoms with Gasteiger partial charge in [0, 0.05) is 25.3 Å². The quantitative estimate of drug-likeness (QED) is 0.787. The summed E-state index contributed by atoms with van der Waals surface area (Å²) in [6.07, 6.45) is 3.01. The van der Waals surface area contributed by atoms with Gasteiger partial charge in [-0.3, -0.25) is 4.90 Å². The number of aromatic nitrogens is 1. The third-order valence-corrected chi connectivity index (χ3v) is 2.90. The third-order valence-electron chi connectivity index (χ3n) is 2.90. The summed E-state index contributed by atoms with van der Waals surface area (Å²) in [5.74, 6) is 0.990. The maximum atomic E-state index is 4.33. The lowest BCUT2D eigenvalue weighted by Gasteiger charge is -2.24. The number of nitrogens with zero attached hydrogens (tertiary/aromatic N) is 2. The Morgan fingerprint density at radius 2 is 2.12 bits per heavy atom. The molecule has 0 saturated heterocycles. The summed E-state index contributed by atoms with van der Waals surface area (Å²) in [6, 6.07) is 4.84. The minimum Gasteiger partial charge on any atom is -0.370 e. The second kappa shape index (κ2) is 7.28. The van der Waals surface area contributed by atoms with E-state index in [0.29, 0.717) is 6.04 Å². The molecule has 0 saturated carbocycles. The van der Waals surface area contributed by atoms with Gasteiger partial charge in [-0.05, 0) is 44.5 Å². The van der Waals surface area contributed by atoms with E-state index in [1.807, 2.05) is 6.20 Å². The predicted octanol–water partition coefficient (Wildman–Crippen LogP) is 3.13. The van der Waals surface area contributed by atoms with Gasteiger partial charge in [0.05, 0.1) is 0 Å². The van der Waals surface area contributed by atoms with E-state index < -0.39 is 0 Å². The number of hydrogen-bond donors (Lipinski definition) is 1. The van der Waals surface area contributed by atoms with E-state index in [-0.39, 0.29) is 0 Å². The first-order chi connectivity index (χ1) is 8.17. The van der Waals surface area contributed by atoms with Gasteiger partial charge in [-0.2, -0.15) is 0 Å². The zero-order chi connectivity index (χ0) is 12.7. The van der Waals surface area contributed by atoms with Crippen LogP contribution in [0, 0.1) is 0 Å². The van der Waals surface area contributed by atoms with Gasteiger partial charge in [-0.15, -0.1) is 0 Å². The van der Waals surface area contributed by atoms with Crippen LogP contribution in [0.25, 0.3) is 0 Å². The number of nitrogens with one attached hydrogen (secondary N) is 1. The summed E-state index contributed by atoms with van der Waals surface area (Å²) in [6.45, 7) is 11.9. The molecule has 0 fully saturated rings. The largest absolute Gasteiger partial charge is 0.370 e. The number of anilines is 1. The van der Waals surface area contributed by atoms with E-state index in [2.05, 4.69) is 55.0 Å². The predicted molar refractivity (Wildman–Crippen MR) is 74.2 cm³/mol. The Balaban J connectivity index is 2.64. The highest BCUT2D eigenvalue weighted by Crippen LogP contribution is 2.11. The van der Waals surface area contributed by atoms with Crippen LogP contribution in [0.15, 0.2) is 18.3 Å². The van der Waals surface area contributed by atoms with E-state index >= 15 is 0 Å². The van der Waals surface area contributed by atoms with Crippen molar-refractivity contribution in [1.29, 1.82) is 0 Å². The first-order valence-corrected chi connectivity index (χ1v) is 6.60. The van der Waals surface area contributed by atoms with Crippen molar-refractivity contribution in [2.75, 3.05) is 18.4 Å². The molecule has 1 N–H and O–H groups in total. The fraction of sp³-hybridized carbons (Fsp3) is 0.643. The molecule has 3 nitrogen and oxygen atoms in total. The van der Waals surface area contributed by atoms with E-state index in [4.69, 9.17) is 0 Å². The van der Waals surface area contributed by atoms with E-state index in [9.17, 15) is 0 Å². The maximum Gasteiger partial charge on any atom is 0.126 e. The smallest absolute Gasteiger partial charge is 0.126 e. The van der Waals surface area contributed by atoms with Crippen LogP contribution in [0.1, 0.15) is 39.7 Å². The summed E-state index contributed by atoms with van der Waals surface area (Å²) < 4.78 is 0. The Labute approximate surface area is 105 Å². The average molecular weight is 235 g/mol. The molecule has 1 heterocycles. The maximum absolute atomic E-state index is 4.33. The van der Waals surface area contributed by atoms with Crippen molar-refractivity contribution in [2.24, 2.45) is 0 Å². The Morgan fingerprint density at radius 1 is 1.35 bits per heavy atom. The second-order valence-corrected chi connectivity index (χ2v) is 4.63. The van der Waals surface area contributed by atoms with Gasteiger partial charge in [0.1, 0.15) is 5.82 Å². The summed E-state index contributed by atoms with van der Waals surface area (Å²) >= 11 is 0. The lowest BCUT2D eigenvalue weighted by atomic mass is 10.2. The van der Waals surface area contributed by atoms with Gasteiger partial charge >= 0.3 is 0 Å². The van der Waals surface area contributed by atoms with Crippen molar-refractivity contribution in [3.05, 3.63) is 23.9 Å². The molecule has 0 aliphatic heterocycles. The summed E-state index contributed by atoms with van der Waals surface area (Å²) in [4.78, 5) is 6.77. The molecular formula is C14H25N3. The molecule has 96 valence electrons. The summed E-state index contributed by atoms with van der Waals surface area (Å²) in [7, 11) is 0. The van der Waals surface area contributed by atoms with Crippen molar-refractivity contribution >= 4 is 5.82 Å². The average Bonchev–Trinajstić information content (AvgIpc) is 2.33. The van der Waals surface area contributed by atoms with Crippen molar-refractivity contribution in [3.63, 3.8) is 0 Å². The molecule has 0 unspecified atom stereocenters. The van der Waals surface area contributed by atoms with E-state index in [1.54, 1.807) is 0 Å². The molecule has 0 aromatic carbocycles. The molecule has 0 aliphatic carbocycles. The van der Waals surface area contributed by atoms with Crippen LogP contribution in [0.5, 0.6) is 0 Å². The Morgan fingerprint density at radius 3 is 2.71 bits per heavy atom. The normalized spacial score (nSPS) is 11.2. The van der Waals surface area contributed by atoms with E-state index in [1.165, 1.54) is 5.56 Å². The number of hydrogen-bond acceptors (Lipinski definition) is 3. The van der Waals surface area contributed by atoms with Gasteiger partial charge in [0.2, 0.25) is 0 Å². The molecule has 17 heavy (non-hydrogen) atoms. The van der Waals surface area contributed by atoms with Gasteiger partial charge in [0.15, 0.2) is 0 Å². The Kier molecular flexibility index (Phi) is 5.98. The fourth-order valence-electron chi connectivity index (χ4n) is 1.82. The highest BCUT2D eigenvalue weighted by molar-refractivity contribution is 5.37. The van der Waals surface area contributed by atoms with Crippen molar-refractivity contribution in [1.82, 2.24) is 9.88 Å². The van der Waals surface area contributed by atoms with Gasteiger partial charge in [-0.25, -0.2) is 4.98 Å². The number of pyridine rings is 1. The highest BCUT2D eigenvalue weighted by atomic mass is 15.1.